The van der Waals surface area contributed by atoms with E-state index in [1.165, 1.54) is 0 Å². The van der Waals surface area contributed by atoms with Crippen molar-refractivity contribution in [1.29, 1.82) is 0 Å². The van der Waals surface area contributed by atoms with Crippen LogP contribution in [0.5, 0.6) is 0 Å². The molecule has 0 N–H and O–H groups in total. The predicted molar refractivity (Wildman–Crippen MR) is 138 cm³/mol. The quantitative estimate of drug-likeness (QED) is 0.491. The van der Waals surface area contributed by atoms with Gasteiger partial charge in [-0.1, -0.05) is 23.7 Å². The number of piperidine rings is 1. The molecule has 5 rings (SSSR count). The Balaban J connectivity index is 1.29. The van der Waals surface area contributed by atoms with E-state index in [-0.39, 0.29) is 11.3 Å². The van der Waals surface area contributed by atoms with Crippen LogP contribution in [0.4, 0.5) is 0 Å². The van der Waals surface area contributed by atoms with Crippen LogP contribution in [-0.2, 0) is 10.0 Å². The molecule has 0 atom stereocenters. The fourth-order valence-electron chi connectivity index (χ4n) is 5.41. The molecule has 0 radical (unpaired) electrons. The third kappa shape index (κ3) is 4.41. The summed E-state index contributed by atoms with van der Waals surface area (Å²) in [4.78, 5) is 15.7. The molecule has 2 aliphatic heterocycles. The minimum absolute atomic E-state index is 0.0267. The van der Waals surface area contributed by atoms with Gasteiger partial charge in [-0.2, -0.15) is 4.31 Å². The van der Waals surface area contributed by atoms with E-state index < -0.39 is 10.0 Å². The third-order valence-electron chi connectivity index (χ3n) is 7.61. The number of nitrogens with zero attached hydrogens (tertiary/aromatic N) is 3. The van der Waals surface area contributed by atoms with Crippen molar-refractivity contribution in [2.75, 3.05) is 26.2 Å². The van der Waals surface area contributed by atoms with Gasteiger partial charge in [0.05, 0.1) is 16.1 Å². The van der Waals surface area contributed by atoms with Crippen molar-refractivity contribution in [3.05, 3.63) is 82.6 Å². The molecule has 3 aromatic rings. The maximum Gasteiger partial charge on any atom is 0.255 e. The molecule has 35 heavy (non-hydrogen) atoms. The van der Waals surface area contributed by atoms with Crippen molar-refractivity contribution in [2.24, 2.45) is 5.41 Å². The number of carbonyl (C=O) groups excluding carboxylic acids is 1. The monoisotopic (exact) mass is 511 g/mol. The summed E-state index contributed by atoms with van der Waals surface area (Å²) in [5, 5.41) is 0.578. The number of aromatic nitrogens is 1. The maximum absolute atomic E-state index is 13.5. The molecule has 6 nitrogen and oxygen atoms in total. The number of hydrogen-bond donors (Lipinski definition) is 0. The SMILES string of the molecule is Cc1cc(S(=O)(=O)N2CCC3(CCN(C(=O)c4ccccc4-n4cccc4)CC3)C2)c(C)cc1Cl. The molecule has 0 saturated carbocycles. The zero-order valence-electron chi connectivity index (χ0n) is 20.1. The number of para-hydroxylation sites is 1. The molecule has 8 heteroatoms. The van der Waals surface area contributed by atoms with Crippen molar-refractivity contribution < 1.29 is 13.2 Å². The van der Waals surface area contributed by atoms with E-state index in [0.717, 1.165) is 30.5 Å². The number of hydrogen-bond acceptors (Lipinski definition) is 3. The smallest absolute Gasteiger partial charge is 0.255 e. The second-order valence-electron chi connectivity index (χ2n) is 9.86. The van der Waals surface area contributed by atoms with Crippen LogP contribution in [0, 0.1) is 19.3 Å². The lowest BCUT2D eigenvalue weighted by Gasteiger charge is -2.39. The number of likely N-dealkylation sites (tertiary alicyclic amines) is 1. The van der Waals surface area contributed by atoms with E-state index in [0.29, 0.717) is 47.2 Å². The Hall–Kier alpha value is -2.61. The number of aryl methyl sites for hydroxylation is 2. The first-order chi connectivity index (χ1) is 16.7. The average Bonchev–Trinajstić information content (AvgIpc) is 3.53. The van der Waals surface area contributed by atoms with Crippen molar-refractivity contribution in [3.63, 3.8) is 0 Å². The van der Waals surface area contributed by atoms with Gasteiger partial charge in [0.15, 0.2) is 0 Å². The number of sulfonamides is 1. The summed E-state index contributed by atoms with van der Waals surface area (Å²) in [7, 11) is -3.60. The molecule has 2 aliphatic rings. The highest BCUT2D eigenvalue weighted by Crippen LogP contribution is 2.43. The number of amides is 1. The molecule has 2 fully saturated rings. The molecule has 1 amide bonds. The Kier molecular flexibility index (Phi) is 6.28. The van der Waals surface area contributed by atoms with E-state index in [9.17, 15) is 13.2 Å². The Morgan fingerprint density at radius 3 is 2.29 bits per heavy atom. The highest BCUT2D eigenvalue weighted by molar-refractivity contribution is 7.89. The number of carbonyl (C=O) groups is 1. The van der Waals surface area contributed by atoms with Crippen LogP contribution >= 0.6 is 11.6 Å². The lowest BCUT2D eigenvalue weighted by Crippen LogP contribution is -2.45. The summed E-state index contributed by atoms with van der Waals surface area (Å²) < 4.78 is 30.5. The molecule has 2 saturated heterocycles. The highest BCUT2D eigenvalue weighted by Gasteiger charge is 2.45. The van der Waals surface area contributed by atoms with Gasteiger partial charge in [-0.25, -0.2) is 8.42 Å². The van der Waals surface area contributed by atoms with Crippen LogP contribution in [0.15, 0.2) is 65.8 Å². The largest absolute Gasteiger partial charge is 0.339 e. The van der Waals surface area contributed by atoms with Crippen molar-refractivity contribution in [2.45, 2.75) is 38.0 Å². The van der Waals surface area contributed by atoms with Crippen molar-refractivity contribution in [3.8, 4) is 5.69 Å². The third-order valence-corrected chi connectivity index (χ3v) is 10.0. The summed E-state index contributed by atoms with van der Waals surface area (Å²) in [6, 6.07) is 15.0. The van der Waals surface area contributed by atoms with E-state index in [2.05, 4.69) is 0 Å². The van der Waals surface area contributed by atoms with Gasteiger partial charge in [0.2, 0.25) is 10.0 Å². The molecule has 0 unspecified atom stereocenters. The molecule has 1 spiro atoms. The Labute approximate surface area is 212 Å². The summed E-state index contributed by atoms with van der Waals surface area (Å²) >= 11 is 6.19. The predicted octanol–water partition coefficient (Wildman–Crippen LogP) is 5.06. The van der Waals surface area contributed by atoms with Gasteiger partial charge in [-0.05, 0) is 86.1 Å². The minimum atomic E-state index is -3.60. The van der Waals surface area contributed by atoms with Crippen LogP contribution in [0.3, 0.4) is 0 Å². The second-order valence-corrected chi connectivity index (χ2v) is 12.2. The van der Waals surface area contributed by atoms with Crippen LogP contribution in [0.1, 0.15) is 40.7 Å². The first-order valence-electron chi connectivity index (χ1n) is 12.0. The number of rotatable bonds is 4. The zero-order chi connectivity index (χ0) is 24.8. The van der Waals surface area contributed by atoms with Gasteiger partial charge in [0, 0.05) is 43.6 Å². The Bertz CT molecular complexity index is 1360. The van der Waals surface area contributed by atoms with Gasteiger partial charge in [-0.15, -0.1) is 0 Å². The van der Waals surface area contributed by atoms with Crippen LogP contribution in [0.25, 0.3) is 5.69 Å². The van der Waals surface area contributed by atoms with Crippen LogP contribution < -0.4 is 0 Å². The van der Waals surface area contributed by atoms with E-state index >= 15 is 0 Å². The first-order valence-corrected chi connectivity index (χ1v) is 13.8. The van der Waals surface area contributed by atoms with Gasteiger partial charge < -0.3 is 9.47 Å². The summed E-state index contributed by atoms with van der Waals surface area (Å²) in [5.41, 5.74) is 2.90. The van der Waals surface area contributed by atoms with Gasteiger partial charge in [0.1, 0.15) is 0 Å². The molecule has 3 heterocycles. The Morgan fingerprint density at radius 2 is 1.57 bits per heavy atom. The molecular formula is C27H30ClN3O3S. The normalized spacial score (nSPS) is 18.3. The number of halogens is 1. The summed E-state index contributed by atoms with van der Waals surface area (Å²) in [6.07, 6.45) is 6.30. The van der Waals surface area contributed by atoms with Crippen LogP contribution in [-0.4, -0.2) is 54.3 Å². The standard InChI is InChI=1S/C27H30ClN3O3S/c1-20-18-25(21(2)17-23(20)28)35(33,34)31-16-11-27(19-31)9-14-30(15-10-27)26(32)22-7-3-4-8-24(22)29-12-5-6-13-29/h3-8,12-13,17-18H,9-11,14-16,19H2,1-2H3. The molecule has 0 bridgehead atoms. The summed E-state index contributed by atoms with van der Waals surface area (Å²) in [5.74, 6) is 0.0267. The van der Waals surface area contributed by atoms with Crippen molar-refractivity contribution >= 4 is 27.5 Å². The van der Waals surface area contributed by atoms with Crippen LogP contribution in [0.2, 0.25) is 5.02 Å². The highest BCUT2D eigenvalue weighted by atomic mass is 35.5. The molecule has 0 aliphatic carbocycles. The van der Waals surface area contributed by atoms with Gasteiger partial charge in [-0.3, -0.25) is 4.79 Å². The molecule has 2 aromatic carbocycles. The fourth-order valence-corrected chi connectivity index (χ4v) is 7.47. The minimum Gasteiger partial charge on any atom is -0.339 e. The summed E-state index contributed by atoms with van der Waals surface area (Å²) in [6.45, 7) is 5.89. The Morgan fingerprint density at radius 1 is 0.914 bits per heavy atom. The van der Waals surface area contributed by atoms with E-state index in [1.807, 2.05) is 65.2 Å². The van der Waals surface area contributed by atoms with E-state index in [4.69, 9.17) is 11.6 Å². The van der Waals surface area contributed by atoms with Crippen molar-refractivity contribution in [1.82, 2.24) is 13.8 Å². The lowest BCUT2D eigenvalue weighted by molar-refractivity contribution is 0.0600. The van der Waals surface area contributed by atoms with E-state index in [1.54, 1.807) is 23.4 Å². The molecule has 184 valence electrons. The fraction of sp³-hybridized carbons (Fsp3) is 0.370. The van der Waals surface area contributed by atoms with Gasteiger partial charge in [0.25, 0.3) is 5.91 Å². The second kappa shape index (κ2) is 9.12. The average molecular weight is 512 g/mol. The number of benzene rings is 2. The topological polar surface area (TPSA) is 62.6 Å². The zero-order valence-corrected chi connectivity index (χ0v) is 21.6. The van der Waals surface area contributed by atoms with Gasteiger partial charge >= 0.3 is 0 Å². The lowest BCUT2D eigenvalue weighted by atomic mass is 9.78. The molecular weight excluding hydrogens is 482 g/mol. The maximum atomic E-state index is 13.5. The first kappa shape index (κ1) is 24.1. The molecule has 1 aromatic heterocycles.